The lowest BCUT2D eigenvalue weighted by Gasteiger charge is -2.72. The minimum absolute atomic E-state index is 0.0102. The highest BCUT2D eigenvalue weighted by molar-refractivity contribution is 5.79. The van der Waals surface area contributed by atoms with Crippen molar-refractivity contribution in [2.45, 2.75) is 273 Å². The van der Waals surface area contributed by atoms with Crippen molar-refractivity contribution in [1.29, 1.82) is 0 Å². The van der Waals surface area contributed by atoms with E-state index < -0.39 is 230 Å². The molecule has 9 fully saturated rings. The van der Waals surface area contributed by atoms with Crippen LogP contribution in [0, 0.1) is 50.2 Å². The van der Waals surface area contributed by atoms with Crippen molar-refractivity contribution in [3.8, 4) is 0 Å². The summed E-state index contributed by atoms with van der Waals surface area (Å²) >= 11 is 0. The predicted molar refractivity (Wildman–Crippen MR) is 286 cm³/mol. The Morgan fingerprint density at radius 2 is 1.13 bits per heavy atom. The number of allylic oxidation sites excluding steroid dienone is 2. The largest absolute Gasteiger partial charge is 0.479 e. The van der Waals surface area contributed by atoms with Gasteiger partial charge in [0.25, 0.3) is 0 Å². The van der Waals surface area contributed by atoms with Gasteiger partial charge in [-0.3, -0.25) is 4.79 Å². The quantitative estimate of drug-likeness (QED) is 0.0497. The van der Waals surface area contributed by atoms with E-state index in [0.29, 0.717) is 32.1 Å². The Labute approximate surface area is 502 Å². The van der Waals surface area contributed by atoms with Crippen LogP contribution in [0.2, 0.25) is 0 Å². The Bertz CT molecular complexity index is 2510. The van der Waals surface area contributed by atoms with Crippen molar-refractivity contribution in [2.75, 3.05) is 13.2 Å². The van der Waals surface area contributed by atoms with Crippen LogP contribution in [0.5, 0.6) is 0 Å². The second kappa shape index (κ2) is 24.2. The zero-order chi connectivity index (χ0) is 63.9. The molecule has 29 nitrogen and oxygen atoms in total. The molecule has 17 N–H and O–H groups in total. The summed E-state index contributed by atoms with van der Waals surface area (Å²) in [6.45, 7) is 13.7. The number of hydrogen-bond acceptors (Lipinski definition) is 28. The topological polar surface area (TPSA) is 470 Å². The van der Waals surface area contributed by atoms with E-state index in [1.807, 2.05) is 6.92 Å². The maximum Gasteiger partial charge on any atom is 0.335 e. The monoisotopic (exact) mass is 1250 g/mol. The summed E-state index contributed by atoms with van der Waals surface area (Å²) in [5.74, 6) is -3.96. The molecule has 35 atom stereocenters. The first kappa shape index (κ1) is 67.6. The molecule has 87 heavy (non-hydrogen) atoms. The van der Waals surface area contributed by atoms with Gasteiger partial charge in [0, 0.05) is 11.3 Å². The number of carboxylic acid groups (broad SMARTS) is 1. The smallest absolute Gasteiger partial charge is 0.335 e. The maximum absolute atomic E-state index is 15.4. The van der Waals surface area contributed by atoms with E-state index in [9.17, 15) is 91.6 Å². The first-order valence-electron chi connectivity index (χ1n) is 30.3. The van der Waals surface area contributed by atoms with Gasteiger partial charge in [-0.2, -0.15) is 0 Å². The zero-order valence-electron chi connectivity index (χ0n) is 50.0. The van der Waals surface area contributed by atoms with Crippen LogP contribution >= 0.6 is 0 Å². The standard InChI is InChI=1S/C58H92O29/c1-20-28(63)29(64)35(70)48(79-20)82-40-26(62)18-78-47(38(40)73)81-39-21(2)80-49(37(72)33(39)68)84-42-32(67)34(69)46(76)86-51(42)87-52(77)58-13-11-53(3,4)15-23(58)22-9-10-27-54(5)16-25(61)44(85-50-36(71)30(65)31(66)41(83-50)45(74)75)55(6,19-59)43(54)24(60)17-57(27,8)56(22,7)12-14-58/h9,20-21,23-44,46-51,59-73,76H,10-19H2,1-8H3,(H,74,75)/t20-,21-,23-,24+,25-,26+,27+,28-,29+,30-,31-,32-,33-,34-,35+,36+,37+,38+,39-,40-,41-,42+,43-,44-,46+,47-,48-,49-,50-,51-,54+,55-,56+,57+,58-/m0/s1. The number of aliphatic hydroxyl groups excluding tert-OH is 16. The number of carbonyl (C=O) groups is 2. The van der Waals surface area contributed by atoms with Gasteiger partial charge in [0.1, 0.15) is 85.5 Å². The molecule has 10 rings (SSSR count). The van der Waals surface area contributed by atoms with Gasteiger partial charge in [-0.25, -0.2) is 4.79 Å². The number of fused-ring (bicyclic) bond motifs is 7. The van der Waals surface area contributed by atoms with Crippen molar-refractivity contribution in [3.05, 3.63) is 11.6 Å². The van der Waals surface area contributed by atoms with Gasteiger partial charge in [0.2, 0.25) is 6.29 Å². The zero-order valence-corrected chi connectivity index (χ0v) is 50.0. The van der Waals surface area contributed by atoms with Crippen LogP contribution in [0.3, 0.4) is 0 Å². The molecule has 5 aliphatic carbocycles. The summed E-state index contributed by atoms with van der Waals surface area (Å²) in [6.07, 6.45) is -41.9. The van der Waals surface area contributed by atoms with E-state index in [0.717, 1.165) is 5.57 Å². The van der Waals surface area contributed by atoms with Crippen molar-refractivity contribution >= 4 is 11.9 Å². The van der Waals surface area contributed by atoms with Gasteiger partial charge in [-0.15, -0.1) is 0 Å². The highest BCUT2D eigenvalue weighted by Gasteiger charge is 2.74. The van der Waals surface area contributed by atoms with Crippen LogP contribution in [-0.2, 0) is 57.0 Å². The summed E-state index contributed by atoms with van der Waals surface area (Å²) < 4.78 is 58.2. The minimum Gasteiger partial charge on any atom is -0.479 e. The Hall–Kier alpha value is -2.32. The average Bonchev–Trinajstić information content (AvgIpc) is 0.673. The van der Waals surface area contributed by atoms with Crippen molar-refractivity contribution in [2.24, 2.45) is 50.2 Å². The van der Waals surface area contributed by atoms with E-state index in [4.69, 9.17) is 47.4 Å². The Balaban J connectivity index is 0.863. The summed E-state index contributed by atoms with van der Waals surface area (Å²) in [4.78, 5) is 27.4. The molecule has 0 aromatic heterocycles. The molecule has 0 aromatic rings. The summed E-state index contributed by atoms with van der Waals surface area (Å²) in [6, 6.07) is 0. The molecule has 29 heteroatoms. The van der Waals surface area contributed by atoms with Crippen molar-refractivity contribution in [1.82, 2.24) is 0 Å². The van der Waals surface area contributed by atoms with E-state index in [1.165, 1.54) is 13.8 Å². The molecular formula is C58H92O29. The van der Waals surface area contributed by atoms with Gasteiger partial charge < -0.3 is 134 Å². The molecule has 4 saturated carbocycles. The van der Waals surface area contributed by atoms with E-state index in [-0.39, 0.29) is 30.6 Å². The summed E-state index contributed by atoms with van der Waals surface area (Å²) in [7, 11) is 0. The van der Waals surface area contributed by atoms with Crippen LogP contribution in [0.15, 0.2) is 11.6 Å². The number of carboxylic acids is 1. The predicted octanol–water partition coefficient (Wildman–Crippen LogP) is -4.55. The van der Waals surface area contributed by atoms with Gasteiger partial charge in [0.05, 0.1) is 49.1 Å². The molecular weight excluding hydrogens is 1160 g/mol. The number of aliphatic hydroxyl groups is 16. The Kier molecular flexibility index (Phi) is 18.8. The van der Waals surface area contributed by atoms with E-state index in [1.54, 1.807) is 6.92 Å². The fraction of sp³-hybridized carbons (Fsp3) is 0.931. The molecule has 498 valence electrons. The molecule has 10 aliphatic rings. The molecule has 0 amide bonds. The molecule has 0 aromatic carbocycles. The fourth-order valence-electron chi connectivity index (χ4n) is 17.7. The highest BCUT2D eigenvalue weighted by Crippen LogP contribution is 2.76. The lowest BCUT2D eigenvalue weighted by atomic mass is 9.33. The van der Waals surface area contributed by atoms with Crippen LogP contribution in [0.4, 0.5) is 0 Å². The van der Waals surface area contributed by atoms with Gasteiger partial charge in [0.15, 0.2) is 43.7 Å². The molecule has 0 bridgehead atoms. The third-order valence-corrected chi connectivity index (χ3v) is 22.7. The normalized spacial score (nSPS) is 55.9. The van der Waals surface area contributed by atoms with Crippen molar-refractivity contribution < 1.29 is 144 Å². The van der Waals surface area contributed by atoms with Crippen LogP contribution in [-0.4, -0.2) is 278 Å². The maximum atomic E-state index is 15.4. The SMILES string of the molecule is C[C@@H]1O[C@@H](O[C@@H]2[C@@H](O)[C@H](O[C@@H]3[C@@H](O)[C@@H](O)[C@H](O[C@H]4[C@H](OC(=O)[C@]56CCC(C)(C)C[C@H]5C5=CC[C@@H]7[C@@]8(C)C[C@H](O)[C@H](O[C@@H]9O[C@H](C(=O)O)[C@@H](O)[C@H](O)[C@H]9O)[C@@](C)(CO)[C@H]8[C@H](O)C[C@@]7(C)[C@]5(C)CC6)O[C@@H](O)[C@@H](O)[C@@H]4O)O[C@H]3C)OC[C@H]2O)[C@H](O)[C@H](O)[C@H]1O. The van der Waals surface area contributed by atoms with Gasteiger partial charge in [-0.05, 0) is 98.7 Å². The van der Waals surface area contributed by atoms with Gasteiger partial charge in [-0.1, -0.05) is 53.2 Å². The highest BCUT2D eigenvalue weighted by atomic mass is 16.8. The van der Waals surface area contributed by atoms with E-state index in [2.05, 4.69) is 33.8 Å². The molecule has 0 unspecified atom stereocenters. The lowest BCUT2D eigenvalue weighted by molar-refractivity contribution is -0.389. The second-order valence-corrected chi connectivity index (χ2v) is 28.5. The third kappa shape index (κ3) is 11.1. The molecule has 5 aliphatic heterocycles. The molecule has 5 heterocycles. The third-order valence-electron chi connectivity index (χ3n) is 22.7. The van der Waals surface area contributed by atoms with Crippen LogP contribution in [0.1, 0.15) is 107 Å². The minimum atomic E-state index is -2.11. The molecule has 0 radical (unpaired) electrons. The van der Waals surface area contributed by atoms with Gasteiger partial charge >= 0.3 is 11.9 Å². The molecule has 5 saturated heterocycles. The van der Waals surface area contributed by atoms with E-state index >= 15 is 4.79 Å². The fourth-order valence-corrected chi connectivity index (χ4v) is 17.7. The summed E-state index contributed by atoms with van der Waals surface area (Å²) in [5.41, 5.74) is -4.47. The Morgan fingerprint density at radius 3 is 1.77 bits per heavy atom. The Morgan fingerprint density at radius 1 is 0.552 bits per heavy atom. The number of hydrogen-bond donors (Lipinski definition) is 17. The number of esters is 1. The average molecular weight is 1250 g/mol. The number of ether oxygens (including phenoxy) is 10. The summed E-state index contributed by atoms with van der Waals surface area (Å²) in [5, 5.41) is 187. The number of aliphatic carboxylic acids is 1. The first-order valence-corrected chi connectivity index (χ1v) is 30.3. The first-order chi connectivity index (χ1) is 40.5. The molecule has 0 spiro atoms. The van der Waals surface area contributed by atoms with Crippen molar-refractivity contribution in [3.63, 3.8) is 0 Å². The van der Waals surface area contributed by atoms with Crippen LogP contribution < -0.4 is 0 Å². The number of rotatable bonds is 12. The number of carbonyl (C=O) groups excluding carboxylic acids is 1. The lowest BCUT2D eigenvalue weighted by Crippen LogP contribution is -2.72. The van der Waals surface area contributed by atoms with Crippen LogP contribution in [0.25, 0.3) is 0 Å². The second-order valence-electron chi connectivity index (χ2n) is 28.5.